The largest absolute Gasteiger partial charge is 0.478 e. The van der Waals surface area contributed by atoms with Crippen LogP contribution in [-0.4, -0.2) is 33.6 Å². The lowest BCUT2D eigenvalue weighted by molar-refractivity contribution is -0.121. The van der Waals surface area contributed by atoms with Crippen molar-refractivity contribution in [3.05, 3.63) is 29.6 Å². The number of hydrogen-bond acceptors (Lipinski definition) is 3. The Morgan fingerprint density at radius 1 is 1.42 bits per heavy atom. The number of carbonyl (C=O) groups is 2. The van der Waals surface area contributed by atoms with Crippen LogP contribution in [0.4, 0.5) is 0 Å². The summed E-state index contributed by atoms with van der Waals surface area (Å²) in [6, 6.07) is 4.73. The molecule has 2 aromatic rings. The summed E-state index contributed by atoms with van der Waals surface area (Å²) in [4.78, 5) is 26.9. The number of nitrogens with one attached hydrogen (secondary N) is 1. The molecule has 6 heteroatoms. The van der Waals surface area contributed by atoms with Crippen LogP contribution in [0.3, 0.4) is 0 Å². The third-order valence-electron chi connectivity index (χ3n) is 2.97. The molecule has 0 saturated carbocycles. The predicted octanol–water partition coefficient (Wildman–Crippen LogP) is 1.04. The molecule has 1 aromatic heterocycles. The molecule has 0 unspecified atom stereocenters. The standard InChI is InChI=1S/C13H15N3O3/c1-3-11-15-9-5-4-8(13(18)19)6-10(9)16(11)7-12(17)14-2/h4-6H,3,7H2,1-2H3,(H,14,17)(H,18,19). The first-order valence-electron chi connectivity index (χ1n) is 5.99. The van der Waals surface area contributed by atoms with E-state index in [2.05, 4.69) is 10.3 Å². The van der Waals surface area contributed by atoms with E-state index in [9.17, 15) is 9.59 Å². The molecule has 19 heavy (non-hydrogen) atoms. The van der Waals surface area contributed by atoms with Crippen LogP contribution in [0.15, 0.2) is 18.2 Å². The van der Waals surface area contributed by atoms with E-state index < -0.39 is 5.97 Å². The first kappa shape index (κ1) is 13.1. The molecular formula is C13H15N3O3. The second-order valence-corrected chi connectivity index (χ2v) is 4.15. The van der Waals surface area contributed by atoms with Gasteiger partial charge in [-0.25, -0.2) is 9.78 Å². The maximum Gasteiger partial charge on any atom is 0.335 e. The highest BCUT2D eigenvalue weighted by atomic mass is 16.4. The van der Waals surface area contributed by atoms with Crippen LogP contribution in [0, 0.1) is 0 Å². The van der Waals surface area contributed by atoms with E-state index in [0.717, 1.165) is 5.82 Å². The molecule has 0 radical (unpaired) electrons. The second-order valence-electron chi connectivity index (χ2n) is 4.15. The number of fused-ring (bicyclic) bond motifs is 1. The van der Waals surface area contributed by atoms with Crippen LogP contribution in [-0.2, 0) is 17.8 Å². The van der Waals surface area contributed by atoms with Gasteiger partial charge in [0, 0.05) is 13.5 Å². The van der Waals surface area contributed by atoms with E-state index in [0.29, 0.717) is 17.5 Å². The van der Waals surface area contributed by atoms with Gasteiger partial charge in [0.05, 0.1) is 16.6 Å². The van der Waals surface area contributed by atoms with Gasteiger partial charge in [-0.15, -0.1) is 0 Å². The number of imidazole rings is 1. The molecule has 100 valence electrons. The van der Waals surface area contributed by atoms with Crippen molar-refractivity contribution >= 4 is 22.9 Å². The lowest BCUT2D eigenvalue weighted by Gasteiger charge is -2.07. The zero-order chi connectivity index (χ0) is 14.0. The summed E-state index contributed by atoms with van der Waals surface area (Å²) < 4.78 is 1.75. The number of aryl methyl sites for hydroxylation is 1. The molecule has 6 nitrogen and oxygen atoms in total. The van der Waals surface area contributed by atoms with Gasteiger partial charge in [-0.3, -0.25) is 4.79 Å². The van der Waals surface area contributed by atoms with E-state index in [4.69, 9.17) is 5.11 Å². The summed E-state index contributed by atoms with van der Waals surface area (Å²) in [6.45, 7) is 2.08. The lowest BCUT2D eigenvalue weighted by atomic mass is 10.2. The fraction of sp³-hybridized carbons (Fsp3) is 0.308. The number of carboxylic acid groups (broad SMARTS) is 1. The van der Waals surface area contributed by atoms with Crippen molar-refractivity contribution in [1.29, 1.82) is 0 Å². The molecular weight excluding hydrogens is 246 g/mol. The predicted molar refractivity (Wildman–Crippen MR) is 70.1 cm³/mol. The Kier molecular flexibility index (Phi) is 3.50. The Hall–Kier alpha value is -2.37. The van der Waals surface area contributed by atoms with Gasteiger partial charge in [0.15, 0.2) is 0 Å². The van der Waals surface area contributed by atoms with Crippen LogP contribution in [0.2, 0.25) is 0 Å². The number of likely N-dealkylation sites (N-methyl/N-ethyl adjacent to an activating group) is 1. The highest BCUT2D eigenvalue weighted by Gasteiger charge is 2.14. The van der Waals surface area contributed by atoms with Crippen molar-refractivity contribution in [2.24, 2.45) is 0 Å². The van der Waals surface area contributed by atoms with Crippen molar-refractivity contribution in [3.63, 3.8) is 0 Å². The van der Waals surface area contributed by atoms with Crippen molar-refractivity contribution in [3.8, 4) is 0 Å². The molecule has 0 bridgehead atoms. The van der Waals surface area contributed by atoms with E-state index in [-0.39, 0.29) is 18.0 Å². The number of nitrogens with zero attached hydrogens (tertiary/aromatic N) is 2. The van der Waals surface area contributed by atoms with Crippen LogP contribution < -0.4 is 5.32 Å². The third-order valence-corrected chi connectivity index (χ3v) is 2.97. The zero-order valence-electron chi connectivity index (χ0n) is 10.8. The van der Waals surface area contributed by atoms with Gasteiger partial charge in [-0.05, 0) is 18.2 Å². The number of carboxylic acids is 1. The topological polar surface area (TPSA) is 84.2 Å². The SMILES string of the molecule is CCc1nc2ccc(C(=O)O)cc2n1CC(=O)NC. The number of rotatable bonds is 4. The normalized spacial score (nSPS) is 10.6. The van der Waals surface area contributed by atoms with Crippen LogP contribution in [0.1, 0.15) is 23.1 Å². The molecule has 0 atom stereocenters. The number of aromatic nitrogens is 2. The molecule has 1 amide bonds. The highest BCUT2D eigenvalue weighted by Crippen LogP contribution is 2.18. The lowest BCUT2D eigenvalue weighted by Crippen LogP contribution is -2.24. The van der Waals surface area contributed by atoms with E-state index in [1.807, 2.05) is 6.92 Å². The smallest absolute Gasteiger partial charge is 0.335 e. The van der Waals surface area contributed by atoms with Crippen molar-refractivity contribution in [2.45, 2.75) is 19.9 Å². The van der Waals surface area contributed by atoms with Crippen molar-refractivity contribution in [2.75, 3.05) is 7.05 Å². The van der Waals surface area contributed by atoms with Gasteiger partial charge >= 0.3 is 5.97 Å². The molecule has 2 rings (SSSR count). The van der Waals surface area contributed by atoms with Gasteiger partial charge in [0.2, 0.25) is 5.91 Å². The van der Waals surface area contributed by atoms with Gasteiger partial charge in [-0.2, -0.15) is 0 Å². The fourth-order valence-electron chi connectivity index (χ4n) is 1.97. The van der Waals surface area contributed by atoms with E-state index >= 15 is 0 Å². The minimum absolute atomic E-state index is 0.138. The average Bonchev–Trinajstić information content (AvgIpc) is 2.75. The second kappa shape index (κ2) is 5.09. The molecule has 1 aromatic carbocycles. The third kappa shape index (κ3) is 2.42. The summed E-state index contributed by atoms with van der Waals surface area (Å²) >= 11 is 0. The monoisotopic (exact) mass is 261 g/mol. The number of hydrogen-bond donors (Lipinski definition) is 2. The summed E-state index contributed by atoms with van der Waals surface area (Å²) in [5, 5.41) is 11.6. The highest BCUT2D eigenvalue weighted by molar-refractivity contribution is 5.93. The summed E-state index contributed by atoms with van der Waals surface area (Å²) in [6.07, 6.45) is 0.675. The van der Waals surface area contributed by atoms with Crippen LogP contribution in [0.25, 0.3) is 11.0 Å². The van der Waals surface area contributed by atoms with Crippen molar-refractivity contribution < 1.29 is 14.7 Å². The molecule has 0 aliphatic carbocycles. The minimum Gasteiger partial charge on any atom is -0.478 e. The summed E-state index contributed by atoms with van der Waals surface area (Å²) in [7, 11) is 1.57. The van der Waals surface area contributed by atoms with Gasteiger partial charge < -0.3 is 15.0 Å². The van der Waals surface area contributed by atoms with Gasteiger partial charge in [0.25, 0.3) is 0 Å². The van der Waals surface area contributed by atoms with E-state index in [1.54, 1.807) is 23.7 Å². The molecule has 0 saturated heterocycles. The molecule has 0 spiro atoms. The first-order chi connectivity index (χ1) is 9.06. The minimum atomic E-state index is -0.993. The molecule has 0 fully saturated rings. The quantitative estimate of drug-likeness (QED) is 0.861. The summed E-state index contributed by atoms with van der Waals surface area (Å²) in [5.74, 6) is -0.372. The van der Waals surface area contributed by atoms with Crippen molar-refractivity contribution in [1.82, 2.24) is 14.9 Å². The zero-order valence-corrected chi connectivity index (χ0v) is 10.8. The number of benzene rings is 1. The van der Waals surface area contributed by atoms with E-state index in [1.165, 1.54) is 6.07 Å². The number of carbonyl (C=O) groups excluding carboxylic acids is 1. The molecule has 0 aliphatic heterocycles. The Bertz CT molecular complexity index is 646. The fourth-order valence-corrected chi connectivity index (χ4v) is 1.97. The van der Waals surface area contributed by atoms with Gasteiger partial charge in [0.1, 0.15) is 12.4 Å². The molecule has 2 N–H and O–H groups in total. The Labute approximate surface area is 110 Å². The Balaban J connectivity index is 2.59. The summed E-state index contributed by atoms with van der Waals surface area (Å²) in [5.41, 5.74) is 1.55. The molecule has 1 heterocycles. The van der Waals surface area contributed by atoms with Gasteiger partial charge in [-0.1, -0.05) is 6.92 Å². The Morgan fingerprint density at radius 3 is 2.74 bits per heavy atom. The number of amides is 1. The maximum absolute atomic E-state index is 11.5. The molecule has 0 aliphatic rings. The maximum atomic E-state index is 11.5. The number of aromatic carboxylic acids is 1. The van der Waals surface area contributed by atoms with Crippen LogP contribution in [0.5, 0.6) is 0 Å². The average molecular weight is 261 g/mol. The van der Waals surface area contributed by atoms with Crippen LogP contribution >= 0.6 is 0 Å². The Morgan fingerprint density at radius 2 is 2.16 bits per heavy atom. The first-order valence-corrected chi connectivity index (χ1v) is 5.99.